The molecule has 6 N–H and O–H groups in total. The van der Waals surface area contributed by atoms with Crippen molar-refractivity contribution in [1.29, 1.82) is 0 Å². The Morgan fingerprint density at radius 2 is 1.79 bits per heavy atom. The van der Waals surface area contributed by atoms with Gasteiger partial charge in [-0.05, 0) is 42.5 Å². The molecule has 42 heavy (non-hydrogen) atoms. The number of nitrogens with two attached hydrogens (primary N) is 3. The molecule has 1 fully saturated rings. The molecule has 2 aromatic carbocycles. The highest BCUT2D eigenvalue weighted by Crippen LogP contribution is 2.44. The first-order valence-corrected chi connectivity index (χ1v) is 15.5. The van der Waals surface area contributed by atoms with Gasteiger partial charge in [0.15, 0.2) is 15.6 Å². The molecule has 0 amide bonds. The van der Waals surface area contributed by atoms with Crippen LogP contribution in [0.25, 0.3) is 33.2 Å². The largest absolute Gasteiger partial charge is 0.496 e. The van der Waals surface area contributed by atoms with Crippen LogP contribution in [0.4, 0.5) is 0 Å². The lowest BCUT2D eigenvalue weighted by atomic mass is 9.86. The quantitative estimate of drug-likeness (QED) is 0.238. The normalized spacial score (nSPS) is 15.9. The molecule has 0 radical (unpaired) electrons. The monoisotopic (exact) mass is 590 g/mol. The van der Waals surface area contributed by atoms with Crippen molar-refractivity contribution in [2.75, 3.05) is 26.6 Å². The molecule has 1 aliphatic heterocycles. The Labute approximate surface area is 243 Å². The molecule has 12 nitrogen and oxygen atoms in total. The maximum atomic E-state index is 12.8. The molecule has 13 heteroatoms. The molecule has 0 saturated carbocycles. The lowest BCUT2D eigenvalue weighted by Gasteiger charge is -2.33. The highest BCUT2D eigenvalue weighted by molar-refractivity contribution is 7.90. The summed E-state index contributed by atoms with van der Waals surface area (Å²) in [5, 5.41) is 8.97. The van der Waals surface area contributed by atoms with Crippen LogP contribution in [0.2, 0.25) is 0 Å². The standard InChI is InChI=1S/C29H34N8O4S/c1-36-27(28(34-35-36)29(30,31)32)19-13-22-25(33-16-19)24-21(14-20(42(3,38)39)15-23(24)40-2)37(22)26(17-7-5-4-6-8-17)18-9-11-41-12-10-18/h4-8,13-16,18,26H,9-12,30-32H2,1-3H3. The van der Waals surface area contributed by atoms with E-state index in [2.05, 4.69) is 27.0 Å². The number of hydrogen-bond donors (Lipinski definition) is 3. The first-order valence-electron chi connectivity index (χ1n) is 13.6. The smallest absolute Gasteiger partial charge is 0.175 e. The van der Waals surface area contributed by atoms with Gasteiger partial charge in [0.05, 0.1) is 45.7 Å². The Morgan fingerprint density at radius 1 is 1.07 bits per heavy atom. The molecule has 4 heterocycles. The topological polar surface area (TPSA) is 179 Å². The minimum atomic E-state index is -3.56. The predicted octanol–water partition coefficient (Wildman–Crippen LogP) is 2.40. The molecule has 5 aromatic rings. The number of nitrogens with zero attached hydrogens (tertiary/aromatic N) is 5. The maximum Gasteiger partial charge on any atom is 0.175 e. The van der Waals surface area contributed by atoms with Crippen molar-refractivity contribution >= 4 is 31.8 Å². The fourth-order valence-corrected chi connectivity index (χ4v) is 6.70. The second-order valence-corrected chi connectivity index (χ2v) is 12.9. The number of hydrogen-bond acceptors (Lipinski definition) is 10. The van der Waals surface area contributed by atoms with Crippen LogP contribution in [0.1, 0.15) is 30.1 Å². The molecule has 1 atom stereocenters. The van der Waals surface area contributed by atoms with Gasteiger partial charge in [0.1, 0.15) is 11.4 Å². The number of aromatic nitrogens is 5. The van der Waals surface area contributed by atoms with Crippen molar-refractivity contribution in [2.45, 2.75) is 29.6 Å². The number of benzene rings is 2. The Kier molecular flexibility index (Phi) is 7.02. The Hall–Kier alpha value is -3.88. The number of ether oxygens (including phenoxy) is 2. The van der Waals surface area contributed by atoms with Crippen LogP contribution in [0.15, 0.2) is 59.6 Å². The molecule has 0 aliphatic carbocycles. The van der Waals surface area contributed by atoms with E-state index >= 15 is 0 Å². The molecular weight excluding hydrogens is 556 g/mol. The lowest BCUT2D eigenvalue weighted by molar-refractivity contribution is 0.0553. The summed E-state index contributed by atoms with van der Waals surface area (Å²) in [6.45, 7) is 1.28. The number of pyridine rings is 1. The van der Waals surface area contributed by atoms with Crippen LogP contribution < -0.4 is 21.9 Å². The fraction of sp³-hybridized carbons (Fsp3) is 0.345. The zero-order valence-electron chi connectivity index (χ0n) is 23.7. The summed E-state index contributed by atoms with van der Waals surface area (Å²) in [5.74, 6) is -1.10. The van der Waals surface area contributed by atoms with Crippen LogP contribution in [-0.4, -0.2) is 59.5 Å². The van der Waals surface area contributed by atoms with Crippen LogP contribution in [0.3, 0.4) is 0 Å². The van der Waals surface area contributed by atoms with Crippen LogP contribution in [0.5, 0.6) is 5.75 Å². The molecule has 6 rings (SSSR count). The Morgan fingerprint density at radius 3 is 2.43 bits per heavy atom. The first kappa shape index (κ1) is 28.2. The third kappa shape index (κ3) is 4.82. The summed E-state index contributed by atoms with van der Waals surface area (Å²) in [6, 6.07) is 15.3. The molecular formula is C29H34N8O4S. The summed E-state index contributed by atoms with van der Waals surface area (Å²) in [7, 11) is -0.303. The van der Waals surface area contributed by atoms with Crippen molar-refractivity contribution < 1.29 is 17.9 Å². The second-order valence-electron chi connectivity index (χ2n) is 10.9. The van der Waals surface area contributed by atoms with Gasteiger partial charge >= 0.3 is 0 Å². The minimum absolute atomic E-state index is 0.159. The van der Waals surface area contributed by atoms with Gasteiger partial charge in [-0.2, -0.15) is 0 Å². The van der Waals surface area contributed by atoms with Crippen molar-refractivity contribution in [2.24, 2.45) is 30.2 Å². The van der Waals surface area contributed by atoms with Gasteiger partial charge in [0.25, 0.3) is 0 Å². The zero-order valence-corrected chi connectivity index (χ0v) is 24.5. The average Bonchev–Trinajstić information content (AvgIpc) is 3.51. The van der Waals surface area contributed by atoms with Gasteiger partial charge in [0, 0.05) is 38.3 Å². The molecule has 0 bridgehead atoms. The van der Waals surface area contributed by atoms with E-state index in [1.807, 2.05) is 24.3 Å². The van der Waals surface area contributed by atoms with Gasteiger partial charge in [-0.25, -0.2) is 13.1 Å². The third-order valence-electron chi connectivity index (χ3n) is 7.97. The lowest BCUT2D eigenvalue weighted by Crippen LogP contribution is -2.55. The van der Waals surface area contributed by atoms with E-state index in [1.165, 1.54) is 13.4 Å². The van der Waals surface area contributed by atoms with E-state index in [1.54, 1.807) is 30.1 Å². The van der Waals surface area contributed by atoms with Gasteiger partial charge in [-0.15, -0.1) is 5.10 Å². The molecule has 1 saturated heterocycles. The number of fused-ring (bicyclic) bond motifs is 3. The summed E-state index contributed by atoms with van der Waals surface area (Å²) < 4.78 is 41.0. The highest BCUT2D eigenvalue weighted by atomic mass is 32.2. The Bertz CT molecular complexity index is 1890. The molecule has 220 valence electrons. The number of aryl methyl sites for hydroxylation is 1. The van der Waals surface area contributed by atoms with E-state index in [0.717, 1.165) is 23.9 Å². The summed E-state index contributed by atoms with van der Waals surface area (Å²) in [4.78, 5) is 5.07. The first-order chi connectivity index (χ1) is 20.0. The van der Waals surface area contributed by atoms with E-state index in [0.29, 0.717) is 46.6 Å². The van der Waals surface area contributed by atoms with Crippen molar-refractivity contribution in [3.63, 3.8) is 0 Å². The fourth-order valence-electron chi connectivity index (χ4n) is 6.05. The summed E-state index contributed by atoms with van der Waals surface area (Å²) in [5.41, 5.74) is 22.8. The molecule has 0 spiro atoms. The van der Waals surface area contributed by atoms with Gasteiger partial charge < -0.3 is 14.0 Å². The van der Waals surface area contributed by atoms with E-state index in [9.17, 15) is 8.42 Å². The van der Waals surface area contributed by atoms with E-state index in [-0.39, 0.29) is 22.5 Å². The van der Waals surface area contributed by atoms with E-state index < -0.39 is 15.6 Å². The van der Waals surface area contributed by atoms with E-state index in [4.69, 9.17) is 31.7 Å². The minimum Gasteiger partial charge on any atom is -0.496 e. The van der Waals surface area contributed by atoms with Crippen LogP contribution in [-0.2, 0) is 27.4 Å². The molecule has 1 unspecified atom stereocenters. The van der Waals surface area contributed by atoms with Crippen LogP contribution >= 0.6 is 0 Å². The SMILES string of the molecule is COc1cc(S(C)(=O)=O)cc2c1c1ncc(-c3c(C(N)(N)N)nnn3C)cc1n2C(c1ccccc1)C1CCOCC1. The average molecular weight is 591 g/mol. The summed E-state index contributed by atoms with van der Waals surface area (Å²) in [6.07, 6.45) is 4.56. The van der Waals surface area contributed by atoms with Crippen LogP contribution in [0, 0.1) is 5.92 Å². The second kappa shape index (κ2) is 10.4. The maximum absolute atomic E-state index is 12.8. The third-order valence-corrected chi connectivity index (χ3v) is 9.06. The van der Waals surface area contributed by atoms with Crippen molar-refractivity contribution in [3.05, 3.63) is 66.0 Å². The molecule has 1 aliphatic rings. The Balaban J connectivity index is 1.75. The van der Waals surface area contributed by atoms with Crippen molar-refractivity contribution in [1.82, 2.24) is 24.5 Å². The zero-order chi connectivity index (χ0) is 29.8. The summed E-state index contributed by atoms with van der Waals surface area (Å²) >= 11 is 0. The van der Waals surface area contributed by atoms with Gasteiger partial charge in [-0.3, -0.25) is 22.2 Å². The number of methoxy groups -OCH3 is 1. The number of sulfone groups is 1. The highest BCUT2D eigenvalue weighted by Gasteiger charge is 2.33. The number of rotatable bonds is 7. The predicted molar refractivity (Wildman–Crippen MR) is 159 cm³/mol. The van der Waals surface area contributed by atoms with Gasteiger partial charge in [-0.1, -0.05) is 35.5 Å². The van der Waals surface area contributed by atoms with Crippen molar-refractivity contribution in [3.8, 4) is 17.0 Å². The van der Waals surface area contributed by atoms with Gasteiger partial charge in [0.2, 0.25) is 0 Å². The molecule has 3 aromatic heterocycles.